The first kappa shape index (κ1) is 25.2. The van der Waals surface area contributed by atoms with Gasteiger partial charge in [0.15, 0.2) is 0 Å². The van der Waals surface area contributed by atoms with Crippen LogP contribution in [0.1, 0.15) is 52.2 Å². The monoisotopic (exact) mass is 497 g/mol. The van der Waals surface area contributed by atoms with Crippen LogP contribution in [0.25, 0.3) is 22.8 Å². The fraction of sp³-hybridized carbons (Fsp3) is 0.444. The number of aromatic nitrogens is 2. The predicted octanol–water partition coefficient (Wildman–Crippen LogP) is 6.09. The number of hydrogen-bond donors (Lipinski definition) is 1. The van der Waals surface area contributed by atoms with Crippen LogP contribution >= 0.6 is 11.6 Å². The fourth-order valence-electron chi connectivity index (χ4n) is 4.66. The minimum atomic E-state index is -0.777. The third-order valence-electron chi connectivity index (χ3n) is 6.12. The molecule has 1 aromatic heterocycles. The topological polar surface area (TPSA) is 88.7 Å². The van der Waals surface area contributed by atoms with E-state index in [-0.39, 0.29) is 11.5 Å². The summed E-state index contributed by atoms with van der Waals surface area (Å²) in [7, 11) is 0. The first-order valence-corrected chi connectivity index (χ1v) is 12.3. The van der Waals surface area contributed by atoms with Crippen molar-refractivity contribution in [1.82, 2.24) is 15.0 Å². The van der Waals surface area contributed by atoms with E-state index in [0.717, 1.165) is 36.1 Å². The summed E-state index contributed by atoms with van der Waals surface area (Å²) in [6.07, 6.45) is 1.78. The van der Waals surface area contributed by atoms with Gasteiger partial charge < -0.3 is 14.4 Å². The van der Waals surface area contributed by atoms with E-state index in [2.05, 4.69) is 27.2 Å². The highest BCUT2D eigenvalue weighted by Crippen LogP contribution is 2.33. The van der Waals surface area contributed by atoms with E-state index in [9.17, 15) is 9.90 Å². The SMILES string of the molecule is CC(C)Oc1ccc(-c2nc(-c3ccc4c(c3)CCCN(C(C(=O)O)C(C)(C)C)C4)no2)cc1Cl. The molecular weight excluding hydrogens is 466 g/mol. The van der Waals surface area contributed by atoms with Crippen LogP contribution in [-0.4, -0.2) is 44.8 Å². The maximum absolute atomic E-state index is 12.0. The summed E-state index contributed by atoms with van der Waals surface area (Å²) < 4.78 is 11.2. The van der Waals surface area contributed by atoms with Gasteiger partial charge in [-0.1, -0.05) is 49.7 Å². The molecule has 7 nitrogen and oxygen atoms in total. The lowest BCUT2D eigenvalue weighted by Gasteiger charge is -2.36. The largest absolute Gasteiger partial charge is 0.489 e. The van der Waals surface area contributed by atoms with Gasteiger partial charge in [-0.3, -0.25) is 9.69 Å². The molecule has 2 aromatic carbocycles. The summed E-state index contributed by atoms with van der Waals surface area (Å²) in [5.41, 5.74) is 3.55. The molecule has 0 bridgehead atoms. The molecule has 1 unspecified atom stereocenters. The number of ether oxygens (including phenoxy) is 1. The minimum Gasteiger partial charge on any atom is -0.489 e. The molecule has 1 aliphatic heterocycles. The van der Waals surface area contributed by atoms with E-state index in [1.807, 2.05) is 46.8 Å². The molecule has 0 amide bonds. The standard InChI is InChI=1S/C27H32ClN3O4/c1-16(2)34-22-11-10-19(14-21(22)28)25-29-24(30-35-25)18-8-9-20-15-31(12-6-7-17(20)13-18)23(26(32)33)27(3,4)5/h8-11,13-14,16,23H,6-7,12,15H2,1-5H3,(H,32,33). The highest BCUT2D eigenvalue weighted by atomic mass is 35.5. The second kappa shape index (κ2) is 9.99. The lowest BCUT2D eigenvalue weighted by atomic mass is 9.85. The van der Waals surface area contributed by atoms with Crippen molar-refractivity contribution in [2.45, 2.75) is 66.2 Å². The third kappa shape index (κ3) is 5.68. The Morgan fingerprint density at radius 3 is 2.54 bits per heavy atom. The number of rotatable bonds is 6. The molecule has 0 fully saturated rings. The highest BCUT2D eigenvalue weighted by molar-refractivity contribution is 6.32. The molecular formula is C27H32ClN3O4. The molecule has 0 saturated carbocycles. The van der Waals surface area contributed by atoms with Gasteiger partial charge in [0.2, 0.25) is 5.82 Å². The van der Waals surface area contributed by atoms with E-state index >= 15 is 0 Å². The summed E-state index contributed by atoms with van der Waals surface area (Å²) in [4.78, 5) is 18.7. The number of aryl methyl sites for hydroxylation is 1. The van der Waals surface area contributed by atoms with Crippen molar-refractivity contribution in [3.05, 3.63) is 52.5 Å². The maximum Gasteiger partial charge on any atom is 0.321 e. The summed E-state index contributed by atoms with van der Waals surface area (Å²) in [5.74, 6) is 0.719. The molecule has 0 saturated heterocycles. The zero-order chi connectivity index (χ0) is 25.3. The average Bonchev–Trinajstić information content (AvgIpc) is 3.16. The number of benzene rings is 2. The van der Waals surface area contributed by atoms with Crippen LogP contribution in [0, 0.1) is 5.41 Å². The van der Waals surface area contributed by atoms with Crippen molar-refractivity contribution < 1.29 is 19.2 Å². The normalized spacial score (nSPS) is 15.5. The molecule has 1 N–H and O–H groups in total. The van der Waals surface area contributed by atoms with Crippen molar-refractivity contribution in [1.29, 1.82) is 0 Å². The van der Waals surface area contributed by atoms with Crippen LogP contribution in [0.3, 0.4) is 0 Å². The Kier molecular flexibility index (Phi) is 7.20. The number of carboxylic acids is 1. The maximum atomic E-state index is 12.0. The first-order chi connectivity index (χ1) is 16.5. The highest BCUT2D eigenvalue weighted by Gasteiger charge is 2.37. The Balaban J connectivity index is 1.57. The van der Waals surface area contributed by atoms with Crippen molar-refractivity contribution >= 4 is 17.6 Å². The number of carbonyl (C=O) groups is 1. The van der Waals surface area contributed by atoms with E-state index in [0.29, 0.717) is 29.0 Å². The Hall–Kier alpha value is -2.90. The predicted molar refractivity (Wildman–Crippen MR) is 136 cm³/mol. The van der Waals surface area contributed by atoms with Crippen molar-refractivity contribution in [3.63, 3.8) is 0 Å². The summed E-state index contributed by atoms with van der Waals surface area (Å²) in [5, 5.41) is 14.5. The number of hydrogen-bond acceptors (Lipinski definition) is 6. The average molecular weight is 498 g/mol. The third-order valence-corrected chi connectivity index (χ3v) is 6.41. The first-order valence-electron chi connectivity index (χ1n) is 11.9. The van der Waals surface area contributed by atoms with E-state index in [1.165, 1.54) is 5.56 Å². The Labute approximate surface area is 211 Å². The van der Waals surface area contributed by atoms with Gasteiger partial charge >= 0.3 is 5.97 Å². The van der Waals surface area contributed by atoms with Gasteiger partial charge in [-0.05, 0) is 74.0 Å². The number of fused-ring (bicyclic) bond motifs is 1. The molecule has 8 heteroatoms. The lowest BCUT2D eigenvalue weighted by Crippen LogP contribution is -2.49. The fourth-order valence-corrected chi connectivity index (χ4v) is 4.88. The van der Waals surface area contributed by atoms with Gasteiger partial charge in [0.05, 0.1) is 11.1 Å². The molecule has 1 aliphatic rings. The van der Waals surface area contributed by atoms with Crippen LogP contribution in [0.4, 0.5) is 0 Å². The Bertz CT molecular complexity index is 1220. The summed E-state index contributed by atoms with van der Waals surface area (Å²) >= 11 is 6.37. The number of nitrogens with zero attached hydrogens (tertiary/aromatic N) is 3. The minimum absolute atomic E-state index is 0.0251. The Morgan fingerprint density at radius 1 is 1.14 bits per heavy atom. The van der Waals surface area contributed by atoms with Crippen molar-refractivity contribution in [3.8, 4) is 28.6 Å². The molecule has 3 aromatic rings. The second-order valence-corrected chi connectivity index (χ2v) is 10.8. The number of carboxylic acid groups (broad SMARTS) is 1. The quantitative estimate of drug-likeness (QED) is 0.440. The zero-order valence-corrected chi connectivity index (χ0v) is 21.6. The van der Waals surface area contributed by atoms with E-state index in [1.54, 1.807) is 12.1 Å². The number of aliphatic carboxylic acids is 1. The lowest BCUT2D eigenvalue weighted by molar-refractivity contribution is -0.148. The smallest absolute Gasteiger partial charge is 0.321 e. The van der Waals surface area contributed by atoms with Crippen LogP contribution in [0.5, 0.6) is 5.75 Å². The van der Waals surface area contributed by atoms with Gasteiger partial charge in [0, 0.05) is 17.7 Å². The summed E-state index contributed by atoms with van der Waals surface area (Å²) in [6, 6.07) is 11.0. The molecule has 186 valence electrons. The second-order valence-electron chi connectivity index (χ2n) is 10.4. The molecule has 0 radical (unpaired) electrons. The zero-order valence-electron chi connectivity index (χ0n) is 20.8. The van der Waals surface area contributed by atoms with Gasteiger partial charge in [0.1, 0.15) is 11.8 Å². The van der Waals surface area contributed by atoms with Crippen molar-refractivity contribution in [2.75, 3.05) is 6.54 Å². The molecule has 4 rings (SSSR count). The molecule has 0 aliphatic carbocycles. The number of halogens is 1. The van der Waals surface area contributed by atoms with Crippen LogP contribution in [0.15, 0.2) is 40.9 Å². The van der Waals surface area contributed by atoms with Gasteiger partial charge in [-0.2, -0.15) is 4.98 Å². The Morgan fingerprint density at radius 2 is 1.89 bits per heavy atom. The van der Waals surface area contributed by atoms with Crippen molar-refractivity contribution in [2.24, 2.45) is 5.41 Å². The van der Waals surface area contributed by atoms with E-state index < -0.39 is 12.0 Å². The van der Waals surface area contributed by atoms with Crippen LogP contribution in [-0.2, 0) is 17.8 Å². The van der Waals surface area contributed by atoms with Crippen LogP contribution in [0.2, 0.25) is 5.02 Å². The van der Waals surface area contributed by atoms with Gasteiger partial charge in [-0.25, -0.2) is 0 Å². The van der Waals surface area contributed by atoms with Gasteiger partial charge in [0.25, 0.3) is 5.89 Å². The molecule has 1 atom stereocenters. The van der Waals surface area contributed by atoms with Crippen LogP contribution < -0.4 is 4.74 Å². The molecule has 35 heavy (non-hydrogen) atoms. The van der Waals surface area contributed by atoms with Gasteiger partial charge in [-0.15, -0.1) is 0 Å². The van der Waals surface area contributed by atoms with E-state index in [4.69, 9.17) is 20.9 Å². The molecule has 0 spiro atoms. The summed E-state index contributed by atoms with van der Waals surface area (Å²) in [6.45, 7) is 11.2. The molecule has 2 heterocycles.